The Bertz CT molecular complexity index is 412. The number of likely N-dealkylation sites (tertiary alicyclic amines) is 1. The molecule has 0 saturated carbocycles. The first-order valence-electron chi connectivity index (χ1n) is 7.78. The van der Waals surface area contributed by atoms with Crippen LogP contribution in [0.5, 0.6) is 0 Å². The van der Waals surface area contributed by atoms with E-state index in [0.717, 1.165) is 6.54 Å². The van der Waals surface area contributed by atoms with E-state index in [-0.39, 0.29) is 5.41 Å². The van der Waals surface area contributed by atoms with Gasteiger partial charge in [0.1, 0.15) is 0 Å². The summed E-state index contributed by atoms with van der Waals surface area (Å²) in [6.45, 7) is 14.6. The van der Waals surface area contributed by atoms with Gasteiger partial charge in [-0.2, -0.15) is 0 Å². The molecule has 2 heterocycles. The number of hydrogen-bond donors (Lipinski definition) is 1. The number of piperidine rings is 1. The summed E-state index contributed by atoms with van der Waals surface area (Å²) < 4.78 is 0. The van der Waals surface area contributed by atoms with Gasteiger partial charge in [-0.05, 0) is 39.8 Å². The predicted molar refractivity (Wildman–Crippen MR) is 87.4 cm³/mol. The highest BCUT2D eigenvalue weighted by molar-refractivity contribution is 7.09. The minimum atomic E-state index is 0.172. The van der Waals surface area contributed by atoms with Gasteiger partial charge in [0.2, 0.25) is 0 Å². The monoisotopic (exact) mass is 295 g/mol. The zero-order chi connectivity index (χ0) is 14.8. The molecule has 1 aliphatic rings. The Labute approximate surface area is 127 Å². The van der Waals surface area contributed by atoms with Crippen LogP contribution in [0, 0.1) is 0 Å². The zero-order valence-electron chi connectivity index (χ0n) is 13.6. The summed E-state index contributed by atoms with van der Waals surface area (Å²) in [7, 11) is 0. The number of hydrogen-bond acceptors (Lipinski definition) is 4. The summed E-state index contributed by atoms with van der Waals surface area (Å²) in [4.78, 5) is 7.32. The highest BCUT2D eigenvalue weighted by atomic mass is 32.1. The normalized spacial score (nSPS) is 18.9. The predicted octanol–water partition coefficient (Wildman–Crippen LogP) is 3.40. The molecule has 1 N–H and O–H groups in total. The average Bonchev–Trinajstić information content (AvgIpc) is 2.85. The Morgan fingerprint density at radius 3 is 2.50 bits per heavy atom. The van der Waals surface area contributed by atoms with Crippen molar-refractivity contribution in [2.45, 2.75) is 71.5 Å². The molecule has 2 rings (SSSR count). The Hall–Kier alpha value is -0.450. The molecule has 0 atom stereocenters. The van der Waals surface area contributed by atoms with Gasteiger partial charge in [-0.25, -0.2) is 4.98 Å². The molecule has 1 aromatic heterocycles. The van der Waals surface area contributed by atoms with Crippen molar-refractivity contribution in [2.75, 3.05) is 13.1 Å². The first-order valence-corrected chi connectivity index (χ1v) is 8.66. The number of nitrogens with one attached hydrogen (secondary N) is 1. The van der Waals surface area contributed by atoms with Crippen LogP contribution in [-0.4, -0.2) is 35.1 Å². The van der Waals surface area contributed by atoms with Gasteiger partial charge >= 0.3 is 0 Å². The van der Waals surface area contributed by atoms with Crippen LogP contribution >= 0.6 is 11.3 Å². The van der Waals surface area contributed by atoms with Gasteiger partial charge in [0.05, 0.1) is 10.7 Å². The van der Waals surface area contributed by atoms with E-state index in [2.05, 4.69) is 50.2 Å². The Balaban J connectivity index is 1.78. The minimum Gasteiger partial charge on any atom is -0.308 e. The second kappa shape index (κ2) is 6.54. The first kappa shape index (κ1) is 15.9. The quantitative estimate of drug-likeness (QED) is 0.923. The molecule has 0 spiro atoms. The molecule has 20 heavy (non-hydrogen) atoms. The summed E-state index contributed by atoms with van der Waals surface area (Å²) in [5, 5.41) is 7.12. The number of nitrogens with zero attached hydrogens (tertiary/aromatic N) is 2. The van der Waals surface area contributed by atoms with E-state index in [9.17, 15) is 0 Å². The molecule has 0 unspecified atom stereocenters. The molecular weight excluding hydrogens is 266 g/mol. The van der Waals surface area contributed by atoms with E-state index < -0.39 is 0 Å². The number of aromatic nitrogens is 1. The van der Waals surface area contributed by atoms with Crippen LogP contribution in [-0.2, 0) is 12.0 Å². The van der Waals surface area contributed by atoms with Crippen molar-refractivity contribution >= 4 is 11.3 Å². The Morgan fingerprint density at radius 2 is 2.00 bits per heavy atom. The van der Waals surface area contributed by atoms with Crippen LogP contribution in [0.25, 0.3) is 0 Å². The molecule has 4 heteroatoms. The molecule has 1 saturated heterocycles. The molecule has 0 aromatic carbocycles. The third-order valence-electron chi connectivity index (χ3n) is 4.03. The van der Waals surface area contributed by atoms with Crippen LogP contribution in [0.4, 0.5) is 0 Å². The number of thiazole rings is 1. The minimum absolute atomic E-state index is 0.172. The van der Waals surface area contributed by atoms with E-state index in [0.29, 0.717) is 12.1 Å². The summed E-state index contributed by atoms with van der Waals surface area (Å²) in [5.74, 6) is 0. The van der Waals surface area contributed by atoms with Crippen molar-refractivity contribution in [3.05, 3.63) is 16.1 Å². The van der Waals surface area contributed by atoms with Gasteiger partial charge in [-0.3, -0.25) is 0 Å². The van der Waals surface area contributed by atoms with Crippen LogP contribution < -0.4 is 5.32 Å². The zero-order valence-corrected chi connectivity index (χ0v) is 14.4. The topological polar surface area (TPSA) is 28.2 Å². The van der Waals surface area contributed by atoms with E-state index in [4.69, 9.17) is 4.98 Å². The van der Waals surface area contributed by atoms with Gasteiger partial charge in [-0.1, -0.05) is 20.8 Å². The van der Waals surface area contributed by atoms with Gasteiger partial charge in [0.15, 0.2) is 0 Å². The van der Waals surface area contributed by atoms with Crippen molar-refractivity contribution in [3.8, 4) is 0 Å². The third-order valence-corrected chi connectivity index (χ3v) is 5.34. The molecule has 0 aliphatic carbocycles. The Kier molecular flexibility index (Phi) is 5.21. The van der Waals surface area contributed by atoms with Crippen molar-refractivity contribution in [3.63, 3.8) is 0 Å². The smallest absolute Gasteiger partial charge is 0.0982 e. The lowest BCUT2D eigenvalue weighted by molar-refractivity contribution is 0.160. The van der Waals surface area contributed by atoms with Crippen LogP contribution in [0.1, 0.15) is 58.2 Å². The summed E-state index contributed by atoms with van der Waals surface area (Å²) in [5.41, 5.74) is 1.37. The molecule has 0 bridgehead atoms. The second-order valence-electron chi connectivity index (χ2n) is 7.18. The highest BCUT2D eigenvalue weighted by Crippen LogP contribution is 2.25. The van der Waals surface area contributed by atoms with Gasteiger partial charge in [0.25, 0.3) is 0 Å². The van der Waals surface area contributed by atoms with Crippen LogP contribution in [0.3, 0.4) is 0 Å². The fourth-order valence-electron chi connectivity index (χ4n) is 2.60. The molecule has 1 aliphatic heterocycles. The molecule has 1 aromatic rings. The van der Waals surface area contributed by atoms with E-state index in [1.54, 1.807) is 11.3 Å². The fourth-order valence-corrected chi connectivity index (χ4v) is 3.51. The molecule has 114 valence electrons. The average molecular weight is 295 g/mol. The van der Waals surface area contributed by atoms with Gasteiger partial charge < -0.3 is 10.2 Å². The van der Waals surface area contributed by atoms with Crippen LogP contribution in [0.15, 0.2) is 5.38 Å². The standard InChI is InChI=1S/C16H29N3S/c1-12(2)19-8-6-13(7-9-19)17-10-14-11-20-15(18-14)16(3,4)5/h11-13,17H,6-10H2,1-5H3. The summed E-state index contributed by atoms with van der Waals surface area (Å²) in [6, 6.07) is 1.34. The largest absolute Gasteiger partial charge is 0.308 e. The van der Waals surface area contributed by atoms with E-state index in [1.165, 1.54) is 36.6 Å². The molecular formula is C16H29N3S. The summed E-state index contributed by atoms with van der Waals surface area (Å²) >= 11 is 1.79. The van der Waals surface area contributed by atoms with Gasteiger partial charge in [-0.15, -0.1) is 11.3 Å². The van der Waals surface area contributed by atoms with E-state index >= 15 is 0 Å². The first-order chi connectivity index (χ1) is 9.36. The SMILES string of the molecule is CC(C)N1CCC(NCc2csc(C(C)(C)C)n2)CC1. The second-order valence-corrected chi connectivity index (χ2v) is 8.04. The van der Waals surface area contributed by atoms with Crippen molar-refractivity contribution in [1.82, 2.24) is 15.2 Å². The van der Waals surface area contributed by atoms with Gasteiger partial charge in [0, 0.05) is 29.4 Å². The fraction of sp³-hybridized carbons (Fsp3) is 0.812. The third kappa shape index (κ3) is 4.27. The lowest BCUT2D eigenvalue weighted by atomic mass is 9.98. The molecule has 1 fully saturated rings. The highest BCUT2D eigenvalue weighted by Gasteiger charge is 2.21. The van der Waals surface area contributed by atoms with Crippen molar-refractivity contribution in [1.29, 1.82) is 0 Å². The molecule has 3 nitrogen and oxygen atoms in total. The van der Waals surface area contributed by atoms with E-state index in [1.807, 2.05) is 0 Å². The lowest BCUT2D eigenvalue weighted by Gasteiger charge is -2.34. The molecule has 0 radical (unpaired) electrons. The van der Waals surface area contributed by atoms with Crippen LogP contribution in [0.2, 0.25) is 0 Å². The number of rotatable bonds is 4. The lowest BCUT2D eigenvalue weighted by Crippen LogP contribution is -2.44. The maximum Gasteiger partial charge on any atom is 0.0982 e. The molecule has 0 amide bonds. The Morgan fingerprint density at radius 1 is 1.35 bits per heavy atom. The van der Waals surface area contributed by atoms with Crippen molar-refractivity contribution < 1.29 is 0 Å². The maximum absolute atomic E-state index is 4.75. The maximum atomic E-state index is 4.75. The summed E-state index contributed by atoms with van der Waals surface area (Å²) in [6.07, 6.45) is 2.52. The van der Waals surface area contributed by atoms with Crippen molar-refractivity contribution in [2.24, 2.45) is 0 Å².